The lowest BCUT2D eigenvalue weighted by Gasteiger charge is -2.28. The van der Waals surface area contributed by atoms with Gasteiger partial charge in [0, 0.05) is 6.54 Å². The first-order chi connectivity index (χ1) is 16.6. The topological polar surface area (TPSA) is 84.9 Å². The molecule has 0 saturated heterocycles. The van der Waals surface area contributed by atoms with E-state index >= 15 is 0 Å². The Morgan fingerprint density at radius 2 is 1.60 bits per heavy atom. The number of ether oxygens (including phenoxy) is 2. The number of amides is 1. The molecule has 0 unspecified atom stereocenters. The van der Waals surface area contributed by atoms with E-state index in [0.29, 0.717) is 13.0 Å². The Morgan fingerprint density at radius 3 is 2.26 bits per heavy atom. The molecular weight excluding hydrogens is 477 g/mol. The fourth-order valence-corrected chi connectivity index (χ4v) is 3.47. The number of carbonyl (C=O) groups is 2. The van der Waals surface area contributed by atoms with Crippen LogP contribution in [0.4, 0.5) is 26.7 Å². The largest absolute Gasteiger partial charge is 0.442 e. The minimum atomic E-state index is -2.41. The fraction of sp³-hybridized carbons (Fsp3) is 0.333. The van der Waals surface area contributed by atoms with Crippen LogP contribution in [0.1, 0.15) is 31.2 Å². The summed E-state index contributed by atoms with van der Waals surface area (Å²) >= 11 is 0. The molecule has 11 heteroatoms. The predicted octanol–water partition coefficient (Wildman–Crippen LogP) is 4.49. The highest BCUT2D eigenvalue weighted by Crippen LogP contribution is 2.32. The number of nitrogens with one attached hydrogen (secondary N) is 1. The van der Waals surface area contributed by atoms with Crippen molar-refractivity contribution in [2.45, 2.75) is 43.8 Å². The molecule has 2 N–H and O–H groups in total. The Balaban J connectivity index is 1.60. The number of benzene rings is 2. The van der Waals surface area contributed by atoms with E-state index in [0.717, 1.165) is 5.56 Å². The van der Waals surface area contributed by atoms with Gasteiger partial charge in [0.25, 0.3) is 0 Å². The van der Waals surface area contributed by atoms with Gasteiger partial charge in [0.1, 0.15) is 6.10 Å². The van der Waals surface area contributed by atoms with Crippen molar-refractivity contribution in [1.29, 1.82) is 0 Å². The summed E-state index contributed by atoms with van der Waals surface area (Å²) in [5.74, 6) is -15.0. The van der Waals surface area contributed by atoms with E-state index in [1.54, 1.807) is 6.08 Å². The van der Waals surface area contributed by atoms with Crippen molar-refractivity contribution in [3.63, 3.8) is 0 Å². The average molecular weight is 499 g/mol. The Kier molecular flexibility index (Phi) is 8.44. The van der Waals surface area contributed by atoms with Crippen molar-refractivity contribution in [3.8, 4) is 5.75 Å². The van der Waals surface area contributed by atoms with Gasteiger partial charge >= 0.3 is 12.1 Å². The number of rotatable bonds is 6. The normalized spacial score (nSPS) is 20.9. The number of hydrogen-bond acceptors (Lipinski definition) is 5. The maximum Gasteiger partial charge on any atom is 0.407 e. The van der Waals surface area contributed by atoms with Crippen LogP contribution in [0.2, 0.25) is 0 Å². The number of allylic oxidation sites excluding steroid dienone is 1. The molecule has 188 valence electrons. The van der Waals surface area contributed by atoms with Crippen LogP contribution in [-0.2, 0) is 16.0 Å². The second-order valence-corrected chi connectivity index (χ2v) is 7.93. The average Bonchev–Trinajstić information content (AvgIpc) is 2.84. The van der Waals surface area contributed by atoms with E-state index in [9.17, 15) is 36.6 Å². The smallest absolute Gasteiger partial charge is 0.407 e. The van der Waals surface area contributed by atoms with Crippen molar-refractivity contribution in [3.05, 3.63) is 77.1 Å². The third kappa shape index (κ3) is 6.36. The molecule has 0 saturated carbocycles. The summed E-state index contributed by atoms with van der Waals surface area (Å²) in [6.45, 7) is 0.303. The van der Waals surface area contributed by atoms with Crippen LogP contribution in [0.25, 0.3) is 0 Å². The highest BCUT2D eigenvalue weighted by atomic mass is 19.2. The maximum absolute atomic E-state index is 13.9. The number of aliphatic hydroxyl groups is 1. The molecule has 1 aliphatic carbocycles. The summed E-state index contributed by atoms with van der Waals surface area (Å²) in [5.41, 5.74) is -1.31. The summed E-state index contributed by atoms with van der Waals surface area (Å²) in [7, 11) is 0. The lowest BCUT2D eigenvalue weighted by Crippen LogP contribution is -2.43. The molecule has 2 atom stereocenters. The van der Waals surface area contributed by atoms with Gasteiger partial charge in [-0.2, -0.15) is 8.78 Å². The van der Waals surface area contributed by atoms with Crippen molar-refractivity contribution in [2.24, 2.45) is 0 Å². The first-order valence-electron chi connectivity index (χ1n) is 10.7. The maximum atomic E-state index is 13.9. The van der Waals surface area contributed by atoms with E-state index in [-0.39, 0.29) is 25.7 Å². The molecular formula is C24H22F5NO5. The fourth-order valence-electron chi connectivity index (χ4n) is 3.47. The molecule has 0 spiro atoms. The standard InChI is InChI=1S/C24H22F5NO5/c25-16-17(26)19(28)21(20(29)18(16)27)35-22(31)24(33)11-5-4-8-15(9-12-24)34-23(32)30-13-10-14-6-2-1-3-7-14/h1-4,6-8,15,33H,5,9-13H2,(H,30,32)/b8-4+/t15-,24-/m1/s1. The quantitative estimate of drug-likeness (QED) is 0.153. The highest BCUT2D eigenvalue weighted by molar-refractivity contribution is 5.81. The zero-order chi connectivity index (χ0) is 25.6. The van der Waals surface area contributed by atoms with Crippen LogP contribution in [0.5, 0.6) is 5.75 Å². The molecule has 0 aliphatic heterocycles. The van der Waals surface area contributed by atoms with Crippen LogP contribution in [0, 0.1) is 29.1 Å². The molecule has 0 aromatic heterocycles. The Bertz CT molecular complexity index is 1080. The summed E-state index contributed by atoms with van der Waals surface area (Å²) in [6.07, 6.45) is 1.46. The Hall–Kier alpha value is -3.47. The SMILES string of the molecule is O=C(NCCc1ccccc1)O[C@@H]1/C=C/CC[C@](O)(C(=O)Oc2c(F)c(F)c(F)c(F)c2F)CC1. The molecule has 1 aliphatic rings. The zero-order valence-electron chi connectivity index (χ0n) is 18.3. The third-order valence-corrected chi connectivity index (χ3v) is 5.45. The van der Waals surface area contributed by atoms with Crippen molar-refractivity contribution >= 4 is 12.1 Å². The first-order valence-corrected chi connectivity index (χ1v) is 10.7. The lowest BCUT2D eigenvalue weighted by molar-refractivity contribution is -0.158. The second-order valence-electron chi connectivity index (χ2n) is 7.93. The minimum absolute atomic E-state index is 0.0781. The summed E-state index contributed by atoms with van der Waals surface area (Å²) in [5, 5.41) is 13.3. The van der Waals surface area contributed by atoms with Gasteiger partial charge in [0.05, 0.1) is 0 Å². The van der Waals surface area contributed by atoms with Crippen molar-refractivity contribution in [2.75, 3.05) is 6.54 Å². The van der Waals surface area contributed by atoms with Gasteiger partial charge in [-0.15, -0.1) is 0 Å². The van der Waals surface area contributed by atoms with Gasteiger partial charge in [-0.05, 0) is 43.7 Å². The highest BCUT2D eigenvalue weighted by Gasteiger charge is 2.40. The zero-order valence-corrected chi connectivity index (χ0v) is 18.3. The Morgan fingerprint density at radius 1 is 0.971 bits per heavy atom. The monoisotopic (exact) mass is 499 g/mol. The summed E-state index contributed by atoms with van der Waals surface area (Å²) in [6, 6.07) is 9.40. The van der Waals surface area contributed by atoms with E-state index in [1.807, 2.05) is 30.3 Å². The van der Waals surface area contributed by atoms with Gasteiger partial charge in [-0.1, -0.05) is 36.4 Å². The lowest BCUT2D eigenvalue weighted by atomic mass is 9.88. The van der Waals surface area contributed by atoms with E-state index in [1.165, 1.54) is 6.08 Å². The molecule has 1 amide bonds. The Labute approximate surface area is 197 Å². The van der Waals surface area contributed by atoms with Crippen LogP contribution in [0.15, 0.2) is 42.5 Å². The molecule has 6 nitrogen and oxygen atoms in total. The summed E-state index contributed by atoms with van der Waals surface area (Å²) < 4.78 is 77.4. The second kappa shape index (κ2) is 11.3. The summed E-state index contributed by atoms with van der Waals surface area (Å²) in [4.78, 5) is 24.6. The molecule has 2 aromatic carbocycles. The van der Waals surface area contributed by atoms with E-state index < -0.39 is 58.6 Å². The number of alkyl carbamates (subject to hydrolysis) is 1. The first kappa shape index (κ1) is 26.1. The molecule has 0 bridgehead atoms. The predicted molar refractivity (Wildman–Crippen MR) is 113 cm³/mol. The number of halogens is 5. The van der Waals surface area contributed by atoms with E-state index in [4.69, 9.17) is 4.74 Å². The van der Waals surface area contributed by atoms with Crippen molar-refractivity contribution < 1.29 is 46.1 Å². The molecule has 35 heavy (non-hydrogen) atoms. The van der Waals surface area contributed by atoms with Gasteiger partial charge in [0.2, 0.25) is 34.8 Å². The number of hydrogen-bond donors (Lipinski definition) is 2. The van der Waals surface area contributed by atoms with Crippen molar-refractivity contribution in [1.82, 2.24) is 5.32 Å². The minimum Gasteiger partial charge on any atom is -0.442 e. The molecule has 3 rings (SSSR count). The van der Waals surface area contributed by atoms with Gasteiger partial charge in [-0.3, -0.25) is 0 Å². The van der Waals surface area contributed by atoms with Crippen LogP contribution < -0.4 is 10.1 Å². The van der Waals surface area contributed by atoms with Gasteiger partial charge < -0.3 is 19.9 Å². The molecule has 0 radical (unpaired) electrons. The van der Waals surface area contributed by atoms with Gasteiger partial charge in [-0.25, -0.2) is 22.8 Å². The van der Waals surface area contributed by atoms with Gasteiger partial charge in [0.15, 0.2) is 5.60 Å². The van der Waals surface area contributed by atoms with Crippen LogP contribution in [0.3, 0.4) is 0 Å². The number of esters is 1. The number of carbonyl (C=O) groups excluding carboxylic acids is 2. The van der Waals surface area contributed by atoms with Crippen LogP contribution in [-0.4, -0.2) is 35.4 Å². The third-order valence-electron chi connectivity index (χ3n) is 5.45. The van der Waals surface area contributed by atoms with Crippen LogP contribution >= 0.6 is 0 Å². The molecule has 0 fully saturated rings. The van der Waals surface area contributed by atoms with E-state index in [2.05, 4.69) is 10.1 Å². The molecule has 0 heterocycles. The molecule has 2 aromatic rings.